The van der Waals surface area contributed by atoms with Crippen LogP contribution in [-0.2, 0) is 4.79 Å². The van der Waals surface area contributed by atoms with Gasteiger partial charge in [-0.05, 0) is 6.42 Å². The molecule has 3 atom stereocenters. The highest BCUT2D eigenvalue weighted by molar-refractivity contribution is 5.72. The van der Waals surface area contributed by atoms with Gasteiger partial charge in [0.1, 0.15) is 0 Å². The van der Waals surface area contributed by atoms with E-state index in [1.54, 1.807) is 0 Å². The summed E-state index contributed by atoms with van der Waals surface area (Å²) < 4.78 is 0. The Kier molecular flexibility index (Phi) is 2.26. The van der Waals surface area contributed by atoms with E-state index in [4.69, 9.17) is 15.3 Å². The van der Waals surface area contributed by atoms with Crippen molar-refractivity contribution in [3.8, 4) is 0 Å². The van der Waals surface area contributed by atoms with Crippen molar-refractivity contribution < 1.29 is 20.1 Å². The lowest BCUT2D eigenvalue weighted by molar-refractivity contribution is -0.141. The Morgan fingerprint density at radius 1 is 1.36 bits per heavy atom. The number of hydrogen-bond acceptors (Lipinski definition) is 3. The summed E-state index contributed by atoms with van der Waals surface area (Å²) in [7, 11) is 0. The third kappa shape index (κ3) is 1.78. The van der Waals surface area contributed by atoms with Gasteiger partial charge in [0.15, 0.2) is 0 Å². The topological polar surface area (TPSA) is 77.8 Å². The van der Waals surface area contributed by atoms with Crippen LogP contribution in [0.1, 0.15) is 6.42 Å². The lowest BCUT2D eigenvalue weighted by Gasteiger charge is -2.21. The van der Waals surface area contributed by atoms with Crippen molar-refractivity contribution in [2.75, 3.05) is 0 Å². The molecular formula is C7H10O4. The van der Waals surface area contributed by atoms with E-state index in [2.05, 4.69) is 0 Å². The molecule has 62 valence electrons. The average Bonchev–Trinajstić information content (AvgIpc) is 1.94. The molecule has 1 aliphatic rings. The third-order valence-electron chi connectivity index (χ3n) is 1.75. The molecule has 0 aromatic heterocycles. The number of aliphatic carboxylic acids is 1. The number of carboxylic acids is 1. The van der Waals surface area contributed by atoms with Crippen LogP contribution in [-0.4, -0.2) is 33.5 Å². The van der Waals surface area contributed by atoms with Gasteiger partial charge in [0.2, 0.25) is 0 Å². The first-order chi connectivity index (χ1) is 5.11. The second-order valence-corrected chi connectivity index (χ2v) is 2.62. The van der Waals surface area contributed by atoms with Crippen LogP contribution in [0.15, 0.2) is 12.2 Å². The van der Waals surface area contributed by atoms with E-state index in [1.807, 2.05) is 0 Å². The van der Waals surface area contributed by atoms with Crippen LogP contribution < -0.4 is 0 Å². The minimum atomic E-state index is -0.966. The van der Waals surface area contributed by atoms with Crippen molar-refractivity contribution in [2.24, 2.45) is 5.92 Å². The molecule has 0 saturated carbocycles. The Balaban J connectivity index is 2.63. The maximum absolute atomic E-state index is 10.4. The molecule has 0 saturated heterocycles. The zero-order valence-corrected chi connectivity index (χ0v) is 5.84. The second-order valence-electron chi connectivity index (χ2n) is 2.62. The van der Waals surface area contributed by atoms with Gasteiger partial charge in [-0.15, -0.1) is 0 Å². The highest BCUT2D eigenvalue weighted by Gasteiger charge is 2.26. The predicted molar refractivity (Wildman–Crippen MR) is 36.9 cm³/mol. The molecule has 1 aliphatic carbocycles. The van der Waals surface area contributed by atoms with Gasteiger partial charge in [0, 0.05) is 0 Å². The molecule has 4 nitrogen and oxygen atoms in total. The normalized spacial score (nSPS) is 37.1. The van der Waals surface area contributed by atoms with Crippen LogP contribution in [0.4, 0.5) is 0 Å². The lowest BCUT2D eigenvalue weighted by Crippen LogP contribution is -2.32. The molecule has 0 spiro atoms. The first-order valence-electron chi connectivity index (χ1n) is 3.38. The van der Waals surface area contributed by atoms with E-state index in [0.29, 0.717) is 0 Å². The van der Waals surface area contributed by atoms with Gasteiger partial charge in [0.25, 0.3) is 0 Å². The van der Waals surface area contributed by atoms with E-state index >= 15 is 0 Å². The summed E-state index contributed by atoms with van der Waals surface area (Å²) >= 11 is 0. The summed E-state index contributed by atoms with van der Waals surface area (Å²) in [6, 6.07) is 0. The van der Waals surface area contributed by atoms with Gasteiger partial charge in [-0.25, -0.2) is 0 Å². The van der Waals surface area contributed by atoms with Crippen LogP contribution in [0.3, 0.4) is 0 Å². The Morgan fingerprint density at radius 3 is 2.45 bits per heavy atom. The highest BCUT2D eigenvalue weighted by atomic mass is 16.4. The summed E-state index contributed by atoms with van der Waals surface area (Å²) in [5.74, 6) is -1.62. The Labute approximate surface area is 63.8 Å². The van der Waals surface area contributed by atoms with Crippen molar-refractivity contribution in [1.82, 2.24) is 0 Å². The van der Waals surface area contributed by atoms with E-state index in [-0.39, 0.29) is 6.42 Å². The number of carboxylic acid groups (broad SMARTS) is 1. The standard InChI is InChI=1S/C7H10O4/c8-5-2-1-4(7(10)11)3-6(5)9/h1-2,4-6,8-9H,3H2,(H,10,11). The van der Waals surface area contributed by atoms with Crippen LogP contribution in [0.25, 0.3) is 0 Å². The van der Waals surface area contributed by atoms with Crippen LogP contribution in [0.2, 0.25) is 0 Å². The molecule has 4 heteroatoms. The molecule has 0 aromatic carbocycles. The molecule has 0 radical (unpaired) electrons. The highest BCUT2D eigenvalue weighted by Crippen LogP contribution is 2.17. The smallest absolute Gasteiger partial charge is 0.310 e. The van der Waals surface area contributed by atoms with Crippen molar-refractivity contribution in [1.29, 1.82) is 0 Å². The fraction of sp³-hybridized carbons (Fsp3) is 0.571. The number of rotatable bonds is 1. The monoisotopic (exact) mass is 158 g/mol. The largest absolute Gasteiger partial charge is 0.481 e. The Hall–Kier alpha value is -0.870. The Bertz CT molecular complexity index is 187. The van der Waals surface area contributed by atoms with Gasteiger partial charge in [-0.2, -0.15) is 0 Å². The number of aliphatic hydroxyl groups is 2. The first-order valence-corrected chi connectivity index (χ1v) is 3.38. The minimum absolute atomic E-state index is 0.0903. The molecule has 0 aromatic rings. The molecule has 3 unspecified atom stereocenters. The molecule has 1 rings (SSSR count). The van der Waals surface area contributed by atoms with Crippen molar-refractivity contribution >= 4 is 5.97 Å². The molecule has 0 fully saturated rings. The number of carbonyl (C=O) groups is 1. The summed E-state index contributed by atoms with van der Waals surface area (Å²) in [6.07, 6.45) is 0.950. The first kappa shape index (κ1) is 8.23. The van der Waals surface area contributed by atoms with Gasteiger partial charge in [0.05, 0.1) is 18.1 Å². The fourth-order valence-electron chi connectivity index (χ4n) is 1.04. The van der Waals surface area contributed by atoms with Crippen molar-refractivity contribution in [3.63, 3.8) is 0 Å². The van der Waals surface area contributed by atoms with Crippen molar-refractivity contribution in [2.45, 2.75) is 18.6 Å². The van der Waals surface area contributed by atoms with Crippen molar-refractivity contribution in [3.05, 3.63) is 12.2 Å². The molecule has 0 bridgehead atoms. The quantitative estimate of drug-likeness (QED) is 0.444. The SMILES string of the molecule is O=C(O)C1C=CC(O)C(O)C1. The Morgan fingerprint density at radius 2 is 2.00 bits per heavy atom. The van der Waals surface area contributed by atoms with Gasteiger partial charge in [-0.1, -0.05) is 12.2 Å². The molecule has 0 aliphatic heterocycles. The molecule has 11 heavy (non-hydrogen) atoms. The molecule has 0 heterocycles. The number of hydrogen-bond donors (Lipinski definition) is 3. The number of aliphatic hydroxyl groups excluding tert-OH is 2. The summed E-state index contributed by atoms with van der Waals surface area (Å²) in [4.78, 5) is 10.4. The molecule has 3 N–H and O–H groups in total. The zero-order valence-electron chi connectivity index (χ0n) is 5.84. The van der Waals surface area contributed by atoms with E-state index < -0.39 is 24.1 Å². The maximum Gasteiger partial charge on any atom is 0.310 e. The minimum Gasteiger partial charge on any atom is -0.481 e. The predicted octanol–water partition coefficient (Wildman–Crippen LogP) is -0.631. The van der Waals surface area contributed by atoms with Gasteiger partial charge >= 0.3 is 5.97 Å². The van der Waals surface area contributed by atoms with Crippen LogP contribution in [0, 0.1) is 5.92 Å². The average molecular weight is 158 g/mol. The summed E-state index contributed by atoms with van der Waals surface area (Å²) in [5.41, 5.74) is 0. The van der Waals surface area contributed by atoms with Crippen LogP contribution >= 0.6 is 0 Å². The van der Waals surface area contributed by atoms with Gasteiger partial charge in [-0.3, -0.25) is 4.79 Å². The second kappa shape index (κ2) is 3.02. The van der Waals surface area contributed by atoms with Crippen LogP contribution in [0.5, 0.6) is 0 Å². The maximum atomic E-state index is 10.4. The third-order valence-corrected chi connectivity index (χ3v) is 1.75. The summed E-state index contributed by atoms with van der Waals surface area (Å²) in [5, 5.41) is 26.5. The zero-order chi connectivity index (χ0) is 8.43. The van der Waals surface area contributed by atoms with E-state index in [9.17, 15) is 4.79 Å². The van der Waals surface area contributed by atoms with E-state index in [0.717, 1.165) is 0 Å². The molecule has 0 amide bonds. The van der Waals surface area contributed by atoms with Gasteiger partial charge < -0.3 is 15.3 Å². The lowest BCUT2D eigenvalue weighted by atomic mass is 9.92. The fourth-order valence-corrected chi connectivity index (χ4v) is 1.04. The molecular weight excluding hydrogens is 148 g/mol. The van der Waals surface area contributed by atoms with E-state index in [1.165, 1.54) is 12.2 Å². The summed E-state index contributed by atoms with van der Waals surface area (Å²) in [6.45, 7) is 0.